The monoisotopic (exact) mass is 737 g/mol. The number of carbonyl (C=O) groups is 3. The number of aliphatic hydroxyl groups is 1. The van der Waals surface area contributed by atoms with Gasteiger partial charge in [-0.25, -0.2) is 0 Å². The quantitative estimate of drug-likeness (QED) is 0.164. The van der Waals surface area contributed by atoms with E-state index in [0.29, 0.717) is 53.9 Å². The summed E-state index contributed by atoms with van der Waals surface area (Å²) in [6.07, 6.45) is 0.900. The molecule has 3 aromatic rings. The molecule has 0 unspecified atom stereocenters. The van der Waals surface area contributed by atoms with Crippen molar-refractivity contribution in [3.05, 3.63) is 88.5 Å². The van der Waals surface area contributed by atoms with E-state index in [0.717, 1.165) is 39.9 Å². The molecule has 290 valence electrons. The van der Waals surface area contributed by atoms with Crippen LogP contribution in [0.1, 0.15) is 84.9 Å². The first-order chi connectivity index (χ1) is 25.6. The molecule has 3 aliphatic carbocycles. The molecule has 7 rings (SSSR count). The third-order valence-corrected chi connectivity index (χ3v) is 12.9. The van der Waals surface area contributed by atoms with Gasteiger partial charge in [0.2, 0.25) is 5.91 Å². The standard InChI is InChI=1S/C44H59N5O5/c1-25-31(11-10-12-36(25)32-17-33(42(52)45-7)19-35(18-32)48(8)9)24-49-41(43(53)47-38-21-34-20-37(26(38)2)44(34,5)6)40(28(4)51)39(54-49)23-46-22-29-13-15-30(16-14-29)27(3)50/h10-19,26,28,34,37-41,46,51H,20-24H2,1-9H3,(H,45,52)(H,47,53)/t26-,28-,34-,37+,38-,39-,40+,41-/m0/s1. The molecule has 0 radical (unpaired) electrons. The van der Waals surface area contributed by atoms with E-state index in [2.05, 4.69) is 61.8 Å². The lowest BCUT2D eigenvalue weighted by molar-refractivity contribution is -0.176. The lowest BCUT2D eigenvalue weighted by atomic mass is 9.45. The van der Waals surface area contributed by atoms with Crippen LogP contribution >= 0.6 is 0 Å². The van der Waals surface area contributed by atoms with Gasteiger partial charge in [-0.05, 0) is 103 Å². The minimum Gasteiger partial charge on any atom is -0.393 e. The van der Waals surface area contributed by atoms with Gasteiger partial charge in [0.05, 0.1) is 18.8 Å². The summed E-state index contributed by atoms with van der Waals surface area (Å²) in [4.78, 5) is 47.8. The third-order valence-electron chi connectivity index (χ3n) is 12.9. The lowest BCUT2D eigenvalue weighted by Gasteiger charge is -2.62. The average Bonchev–Trinajstić information content (AvgIpc) is 3.50. The van der Waals surface area contributed by atoms with Crippen LogP contribution < -0.4 is 20.9 Å². The summed E-state index contributed by atoms with van der Waals surface area (Å²) in [5.74, 6) is 0.801. The number of benzene rings is 3. The van der Waals surface area contributed by atoms with Gasteiger partial charge in [0, 0.05) is 63.0 Å². The van der Waals surface area contributed by atoms with Crippen molar-refractivity contribution in [3.63, 3.8) is 0 Å². The maximum Gasteiger partial charge on any atom is 0.251 e. The Morgan fingerprint density at radius 3 is 2.37 bits per heavy atom. The zero-order valence-electron chi connectivity index (χ0n) is 33.4. The van der Waals surface area contributed by atoms with E-state index in [4.69, 9.17) is 4.84 Å². The second kappa shape index (κ2) is 15.9. The number of rotatable bonds is 13. The molecule has 2 bridgehead atoms. The van der Waals surface area contributed by atoms with Crippen LogP contribution in [0.2, 0.25) is 0 Å². The van der Waals surface area contributed by atoms with Crippen molar-refractivity contribution in [1.29, 1.82) is 0 Å². The van der Waals surface area contributed by atoms with Gasteiger partial charge in [-0.3, -0.25) is 19.2 Å². The second-order valence-electron chi connectivity index (χ2n) is 16.8. The number of Topliss-reactive ketones (excluding diaryl/α,β-unsaturated/α-hetero) is 1. The predicted molar refractivity (Wildman–Crippen MR) is 213 cm³/mol. The first-order valence-corrected chi connectivity index (χ1v) is 19.5. The molecule has 4 N–H and O–H groups in total. The Labute approximate surface area is 321 Å². The van der Waals surface area contributed by atoms with Crippen molar-refractivity contribution in [2.45, 2.75) is 91.8 Å². The molecule has 4 fully saturated rings. The summed E-state index contributed by atoms with van der Waals surface area (Å²) in [5, 5.41) is 22.8. The van der Waals surface area contributed by atoms with Crippen LogP contribution in [0.4, 0.5) is 5.69 Å². The van der Waals surface area contributed by atoms with E-state index in [1.165, 1.54) is 6.42 Å². The molecule has 54 heavy (non-hydrogen) atoms. The van der Waals surface area contributed by atoms with Crippen LogP contribution in [-0.4, -0.2) is 79.7 Å². The minimum absolute atomic E-state index is 0.0258. The van der Waals surface area contributed by atoms with E-state index in [1.54, 1.807) is 26.0 Å². The zero-order chi connectivity index (χ0) is 39.1. The molecule has 3 aromatic carbocycles. The van der Waals surface area contributed by atoms with Crippen molar-refractivity contribution >= 4 is 23.3 Å². The van der Waals surface area contributed by atoms with Crippen LogP contribution in [0.3, 0.4) is 0 Å². The largest absolute Gasteiger partial charge is 0.393 e. The number of ketones is 1. The number of hydrogen-bond donors (Lipinski definition) is 4. The number of hydroxylamine groups is 2. The van der Waals surface area contributed by atoms with Gasteiger partial charge in [0.1, 0.15) is 6.04 Å². The summed E-state index contributed by atoms with van der Waals surface area (Å²) >= 11 is 0. The molecule has 3 saturated carbocycles. The van der Waals surface area contributed by atoms with Crippen molar-refractivity contribution in [1.82, 2.24) is 21.0 Å². The van der Waals surface area contributed by atoms with E-state index < -0.39 is 24.2 Å². The molecule has 4 aliphatic rings. The van der Waals surface area contributed by atoms with Crippen LogP contribution in [0, 0.1) is 36.0 Å². The van der Waals surface area contributed by atoms with Gasteiger partial charge in [0.25, 0.3) is 5.91 Å². The Bertz CT molecular complexity index is 1860. The number of amides is 2. The van der Waals surface area contributed by atoms with E-state index in [1.807, 2.05) is 61.5 Å². The summed E-state index contributed by atoms with van der Waals surface area (Å²) in [5.41, 5.74) is 7.39. The van der Waals surface area contributed by atoms with Gasteiger partial charge >= 0.3 is 0 Å². The fourth-order valence-electron chi connectivity index (χ4n) is 9.35. The topological polar surface area (TPSA) is 123 Å². The third kappa shape index (κ3) is 7.85. The Morgan fingerprint density at radius 1 is 1.04 bits per heavy atom. The van der Waals surface area contributed by atoms with Crippen LogP contribution in [0.5, 0.6) is 0 Å². The minimum atomic E-state index is -0.812. The van der Waals surface area contributed by atoms with Crippen molar-refractivity contribution in [3.8, 4) is 11.1 Å². The molecule has 1 saturated heterocycles. The van der Waals surface area contributed by atoms with Crippen LogP contribution in [0.15, 0.2) is 60.7 Å². The number of nitrogens with zero attached hydrogens (tertiary/aromatic N) is 2. The highest BCUT2D eigenvalue weighted by Gasteiger charge is 2.57. The Morgan fingerprint density at radius 2 is 1.76 bits per heavy atom. The van der Waals surface area contributed by atoms with Crippen LogP contribution in [0.25, 0.3) is 11.1 Å². The SMILES string of the molecule is CNC(=O)c1cc(-c2cccc(CN3O[C@@H](CNCc4ccc(C(C)=O)cc4)[C@@H]([C@H](C)O)[C@H]3C(=O)N[C@H]3C[C@@H]4C[C@H]([C@@H]3C)C4(C)C)c2C)cc(N(C)C)c1. The number of hydrogen-bond acceptors (Lipinski definition) is 8. The number of anilines is 1. The van der Waals surface area contributed by atoms with E-state index in [-0.39, 0.29) is 23.6 Å². The molecule has 0 aromatic heterocycles. The fourth-order valence-corrected chi connectivity index (χ4v) is 9.35. The summed E-state index contributed by atoms with van der Waals surface area (Å²) in [7, 11) is 5.54. The molecule has 10 heteroatoms. The van der Waals surface area contributed by atoms with Crippen molar-refractivity contribution in [2.75, 3.05) is 32.6 Å². The molecule has 1 heterocycles. The van der Waals surface area contributed by atoms with E-state index >= 15 is 0 Å². The smallest absolute Gasteiger partial charge is 0.251 e. The Balaban J connectivity index is 1.28. The summed E-state index contributed by atoms with van der Waals surface area (Å²) in [6.45, 7) is 13.7. The highest BCUT2D eigenvalue weighted by atomic mass is 16.7. The number of aliphatic hydroxyl groups excluding tert-OH is 1. The number of fused-ring (bicyclic) bond motifs is 2. The molecular weight excluding hydrogens is 679 g/mol. The molecular formula is C44H59N5O5. The van der Waals surface area contributed by atoms with Crippen molar-refractivity contribution < 1.29 is 24.3 Å². The van der Waals surface area contributed by atoms with Gasteiger partial charge in [0.15, 0.2) is 5.78 Å². The summed E-state index contributed by atoms with van der Waals surface area (Å²) in [6, 6.07) is 18.9. The second-order valence-corrected chi connectivity index (χ2v) is 16.8. The van der Waals surface area contributed by atoms with Crippen molar-refractivity contribution in [2.24, 2.45) is 29.1 Å². The van der Waals surface area contributed by atoms with Gasteiger partial charge in [-0.15, -0.1) is 0 Å². The molecule has 8 atom stereocenters. The Hall–Kier alpha value is -4.09. The average molecular weight is 738 g/mol. The Kier molecular flexibility index (Phi) is 11.7. The molecule has 1 aliphatic heterocycles. The maximum atomic E-state index is 14.6. The predicted octanol–water partition coefficient (Wildman–Crippen LogP) is 5.75. The molecule has 0 spiro atoms. The number of nitrogens with one attached hydrogen (secondary N) is 3. The lowest BCUT2D eigenvalue weighted by Crippen LogP contribution is -2.62. The highest BCUT2D eigenvalue weighted by Crippen LogP contribution is 2.61. The zero-order valence-corrected chi connectivity index (χ0v) is 33.4. The summed E-state index contributed by atoms with van der Waals surface area (Å²) < 4.78 is 0. The maximum absolute atomic E-state index is 14.6. The first-order valence-electron chi connectivity index (χ1n) is 19.5. The van der Waals surface area contributed by atoms with Gasteiger partial charge < -0.3 is 26.0 Å². The van der Waals surface area contributed by atoms with Gasteiger partial charge in [-0.1, -0.05) is 63.2 Å². The van der Waals surface area contributed by atoms with E-state index in [9.17, 15) is 19.5 Å². The first kappa shape index (κ1) is 39.6. The molecule has 2 amide bonds. The fraction of sp³-hybridized carbons (Fsp3) is 0.523. The normalized spacial score (nSPS) is 26.4. The molecule has 10 nitrogen and oxygen atoms in total. The van der Waals surface area contributed by atoms with Gasteiger partial charge in [-0.2, -0.15) is 5.06 Å². The highest BCUT2D eigenvalue weighted by molar-refractivity contribution is 5.97. The van der Waals surface area contributed by atoms with Crippen LogP contribution in [-0.2, 0) is 22.7 Å². The number of carbonyl (C=O) groups excluding carboxylic acids is 3.